The number of ether oxygens (including phenoxy) is 1. The first kappa shape index (κ1) is 24.2. The second kappa shape index (κ2) is 9.76. The van der Waals surface area contributed by atoms with Gasteiger partial charge in [0.15, 0.2) is 5.76 Å². The lowest BCUT2D eigenvalue weighted by molar-refractivity contribution is 0.172. The number of carbonyl (C=O) groups excluding carboxylic acids is 1. The molecule has 5 N–H and O–H groups in total. The number of oxazole rings is 1. The molecule has 0 saturated carbocycles. The molecule has 1 heterocycles. The number of amides is 2. The minimum absolute atomic E-state index is 0.0370. The Kier molecular flexibility index (Phi) is 6.76. The number of hydrogen-bond acceptors (Lipinski definition) is 7. The van der Waals surface area contributed by atoms with Crippen LogP contribution < -0.4 is 20.7 Å². The molecule has 180 valence electrons. The molecule has 3 aromatic carbocycles. The number of hydrogen-bond donors (Lipinski definition) is 4. The van der Waals surface area contributed by atoms with Crippen LogP contribution in [0.5, 0.6) is 5.75 Å². The van der Waals surface area contributed by atoms with Crippen molar-refractivity contribution in [1.82, 2.24) is 10.5 Å². The second-order valence-corrected chi connectivity index (χ2v) is 9.23. The molecule has 35 heavy (non-hydrogen) atoms. The minimum Gasteiger partial charge on any atom is -0.495 e. The van der Waals surface area contributed by atoms with Gasteiger partial charge in [-0.2, -0.15) is 0 Å². The summed E-state index contributed by atoms with van der Waals surface area (Å²) in [5.41, 5.74) is 4.21. The molecule has 0 aliphatic rings. The Morgan fingerprint density at radius 2 is 1.66 bits per heavy atom. The van der Waals surface area contributed by atoms with Crippen LogP contribution in [-0.4, -0.2) is 31.7 Å². The number of aromatic nitrogens is 1. The van der Waals surface area contributed by atoms with Crippen LogP contribution in [0.2, 0.25) is 5.02 Å². The van der Waals surface area contributed by atoms with E-state index in [1.807, 2.05) is 0 Å². The summed E-state index contributed by atoms with van der Waals surface area (Å²) in [6.07, 6.45) is 0. The van der Waals surface area contributed by atoms with Gasteiger partial charge in [-0.05, 0) is 66.7 Å². The smallest absolute Gasteiger partial charge is 0.342 e. The number of nitrogens with two attached hydrogens (primary N) is 1. The molecule has 0 spiro atoms. The standard InChI is InChI=1S/C23H19ClN4O6S/c1-33-19-11-6-15(12-18(19)24)20-21(13-4-9-17(10-5-13)35(25,31)32)34-22(27-20)14-2-7-16(8-3-14)26-23(29)28-30/h2-12,30H,1H3,(H2,25,31,32)(H2,26,28,29). The monoisotopic (exact) mass is 514 g/mol. The van der Waals surface area contributed by atoms with Crippen molar-refractivity contribution >= 4 is 33.3 Å². The maximum absolute atomic E-state index is 11.6. The molecule has 2 amide bonds. The predicted octanol–water partition coefficient (Wildman–Crippen LogP) is 4.50. The summed E-state index contributed by atoms with van der Waals surface area (Å²) in [5, 5.41) is 16.7. The molecule has 10 nitrogen and oxygen atoms in total. The molecular weight excluding hydrogens is 496 g/mol. The Morgan fingerprint density at radius 1 is 1.03 bits per heavy atom. The van der Waals surface area contributed by atoms with Gasteiger partial charge < -0.3 is 14.5 Å². The number of primary sulfonamides is 1. The van der Waals surface area contributed by atoms with Crippen molar-refractivity contribution in [2.24, 2.45) is 5.14 Å². The van der Waals surface area contributed by atoms with Crippen molar-refractivity contribution in [1.29, 1.82) is 0 Å². The molecule has 0 saturated heterocycles. The van der Waals surface area contributed by atoms with Crippen molar-refractivity contribution in [3.8, 4) is 39.8 Å². The molecule has 0 bridgehead atoms. The molecule has 0 fully saturated rings. The SMILES string of the molecule is COc1ccc(-c2nc(-c3ccc(NC(=O)NO)cc3)oc2-c2ccc(S(N)(=O)=O)cc2)cc1Cl. The van der Waals surface area contributed by atoms with E-state index in [9.17, 15) is 13.2 Å². The number of urea groups is 1. The molecule has 0 aliphatic carbocycles. The lowest BCUT2D eigenvalue weighted by atomic mass is 10.1. The lowest BCUT2D eigenvalue weighted by Crippen LogP contribution is -2.24. The van der Waals surface area contributed by atoms with Gasteiger partial charge in [-0.1, -0.05) is 11.6 Å². The predicted molar refractivity (Wildman–Crippen MR) is 130 cm³/mol. The normalized spacial score (nSPS) is 11.2. The van der Waals surface area contributed by atoms with Gasteiger partial charge in [-0.15, -0.1) is 0 Å². The number of hydroxylamine groups is 1. The van der Waals surface area contributed by atoms with E-state index >= 15 is 0 Å². The number of halogens is 1. The van der Waals surface area contributed by atoms with Crippen LogP contribution in [0.3, 0.4) is 0 Å². The average Bonchev–Trinajstić information content (AvgIpc) is 3.29. The van der Waals surface area contributed by atoms with Crippen molar-refractivity contribution < 1.29 is 27.6 Å². The molecule has 0 aliphatic heterocycles. The van der Waals surface area contributed by atoms with Gasteiger partial charge in [0.05, 0.1) is 17.0 Å². The molecule has 0 radical (unpaired) electrons. The van der Waals surface area contributed by atoms with E-state index in [1.165, 1.54) is 24.7 Å². The first-order chi connectivity index (χ1) is 16.7. The average molecular weight is 515 g/mol. The Morgan fingerprint density at radius 3 is 2.23 bits per heavy atom. The first-order valence-corrected chi connectivity index (χ1v) is 11.9. The zero-order valence-electron chi connectivity index (χ0n) is 18.2. The highest BCUT2D eigenvalue weighted by molar-refractivity contribution is 7.89. The van der Waals surface area contributed by atoms with E-state index < -0.39 is 16.1 Å². The Hall–Kier alpha value is -3.90. The van der Waals surface area contributed by atoms with Gasteiger partial charge in [-0.25, -0.2) is 28.8 Å². The zero-order valence-corrected chi connectivity index (χ0v) is 19.7. The van der Waals surface area contributed by atoms with Crippen LogP contribution in [0.4, 0.5) is 10.5 Å². The summed E-state index contributed by atoms with van der Waals surface area (Å²) in [5.74, 6) is 1.15. The van der Waals surface area contributed by atoms with Gasteiger partial charge >= 0.3 is 6.03 Å². The molecule has 4 aromatic rings. The highest BCUT2D eigenvalue weighted by Crippen LogP contribution is 2.38. The number of carbonyl (C=O) groups is 1. The molecule has 12 heteroatoms. The van der Waals surface area contributed by atoms with E-state index in [4.69, 9.17) is 31.1 Å². The maximum atomic E-state index is 11.6. The molecule has 0 atom stereocenters. The van der Waals surface area contributed by atoms with Crippen LogP contribution >= 0.6 is 11.6 Å². The maximum Gasteiger partial charge on any atom is 0.342 e. The Balaban J connectivity index is 1.80. The van der Waals surface area contributed by atoms with Crippen LogP contribution in [0.1, 0.15) is 0 Å². The Labute approximate surface area is 205 Å². The first-order valence-electron chi connectivity index (χ1n) is 9.99. The number of rotatable bonds is 6. The summed E-state index contributed by atoms with van der Waals surface area (Å²) in [6.45, 7) is 0. The van der Waals surface area contributed by atoms with E-state index in [1.54, 1.807) is 54.6 Å². The van der Waals surface area contributed by atoms with Gasteiger partial charge in [-0.3, -0.25) is 5.21 Å². The molecule has 0 unspecified atom stereocenters. The second-order valence-electron chi connectivity index (χ2n) is 7.26. The van der Waals surface area contributed by atoms with E-state index in [0.29, 0.717) is 44.6 Å². The lowest BCUT2D eigenvalue weighted by Gasteiger charge is -2.06. The summed E-state index contributed by atoms with van der Waals surface area (Å²) in [7, 11) is -2.35. The van der Waals surface area contributed by atoms with Crippen LogP contribution in [0, 0.1) is 0 Å². The zero-order chi connectivity index (χ0) is 25.2. The van der Waals surface area contributed by atoms with Gasteiger partial charge in [0.25, 0.3) is 0 Å². The molecule has 4 rings (SSSR count). The quantitative estimate of drug-likeness (QED) is 0.218. The van der Waals surface area contributed by atoms with Gasteiger partial charge in [0.1, 0.15) is 11.4 Å². The molecule has 1 aromatic heterocycles. The molecular formula is C23H19ClN4O6S. The van der Waals surface area contributed by atoms with Crippen LogP contribution in [0.15, 0.2) is 76.0 Å². The fourth-order valence-electron chi connectivity index (χ4n) is 3.30. The van der Waals surface area contributed by atoms with Crippen LogP contribution in [0.25, 0.3) is 34.0 Å². The highest BCUT2D eigenvalue weighted by atomic mass is 35.5. The third-order valence-corrected chi connectivity index (χ3v) is 6.21. The number of benzene rings is 3. The fraction of sp³-hybridized carbons (Fsp3) is 0.0435. The van der Waals surface area contributed by atoms with Gasteiger partial charge in [0, 0.05) is 22.4 Å². The summed E-state index contributed by atoms with van der Waals surface area (Å²) in [4.78, 5) is 15.9. The number of sulfonamides is 1. The van der Waals surface area contributed by atoms with E-state index in [0.717, 1.165) is 0 Å². The Bertz CT molecular complexity index is 1490. The van der Waals surface area contributed by atoms with E-state index in [2.05, 4.69) is 10.3 Å². The highest BCUT2D eigenvalue weighted by Gasteiger charge is 2.20. The number of nitrogens with zero attached hydrogens (tertiary/aromatic N) is 1. The minimum atomic E-state index is -3.86. The summed E-state index contributed by atoms with van der Waals surface area (Å²) < 4.78 is 34.6. The fourth-order valence-corrected chi connectivity index (χ4v) is 4.07. The number of methoxy groups -OCH3 is 1. The van der Waals surface area contributed by atoms with Gasteiger partial charge in [0.2, 0.25) is 15.9 Å². The largest absolute Gasteiger partial charge is 0.495 e. The third kappa shape index (κ3) is 5.28. The van der Waals surface area contributed by atoms with E-state index in [-0.39, 0.29) is 10.8 Å². The van der Waals surface area contributed by atoms with Crippen molar-refractivity contribution in [3.05, 3.63) is 71.8 Å². The van der Waals surface area contributed by atoms with Crippen LogP contribution in [-0.2, 0) is 10.0 Å². The number of nitrogens with one attached hydrogen (secondary N) is 2. The summed E-state index contributed by atoms with van der Waals surface area (Å²) in [6, 6.07) is 16.9. The van der Waals surface area contributed by atoms with Crippen molar-refractivity contribution in [3.63, 3.8) is 0 Å². The number of anilines is 1. The van der Waals surface area contributed by atoms with Crippen molar-refractivity contribution in [2.45, 2.75) is 4.90 Å². The summed E-state index contributed by atoms with van der Waals surface area (Å²) >= 11 is 6.32. The topological polar surface area (TPSA) is 157 Å². The van der Waals surface area contributed by atoms with Crippen molar-refractivity contribution in [2.75, 3.05) is 12.4 Å². The third-order valence-electron chi connectivity index (χ3n) is 4.99.